The highest BCUT2D eigenvalue weighted by atomic mass is 35.5. The number of benzene rings is 2. The second-order valence-corrected chi connectivity index (χ2v) is 10.6. The minimum Gasteiger partial charge on any atom is -0.465 e. The lowest BCUT2D eigenvalue weighted by molar-refractivity contribution is -0.136. The number of carbonyl (C=O) groups is 3. The fraction of sp³-hybridized carbons (Fsp3) is 0.407. The molecule has 2 aliphatic heterocycles. The highest BCUT2D eigenvalue weighted by molar-refractivity contribution is 6.34. The third-order valence-electron chi connectivity index (χ3n) is 6.63. The Hall–Kier alpha value is -3.63. The number of hydrogen-bond donors (Lipinski definition) is 3. The van der Waals surface area contributed by atoms with Crippen LogP contribution in [0.4, 0.5) is 15.3 Å². The first kappa shape index (κ1) is 27.4. The molecule has 0 spiro atoms. The Morgan fingerprint density at radius 1 is 1.16 bits per heavy atom. The van der Waals surface area contributed by atoms with Gasteiger partial charge in [-0.25, -0.2) is 14.6 Å². The Kier molecular flexibility index (Phi) is 7.94. The van der Waals surface area contributed by atoms with Crippen molar-refractivity contribution in [3.05, 3.63) is 64.7 Å². The number of guanidine groups is 1. The summed E-state index contributed by atoms with van der Waals surface area (Å²) in [4.78, 5) is 43.7. The molecule has 1 saturated heterocycles. The van der Waals surface area contributed by atoms with Gasteiger partial charge in [0.25, 0.3) is 0 Å². The largest absolute Gasteiger partial charge is 0.465 e. The number of halogens is 1. The van der Waals surface area contributed by atoms with Crippen LogP contribution >= 0.6 is 11.6 Å². The number of anilines is 1. The average molecular weight is 543 g/mol. The molecule has 0 aliphatic carbocycles. The van der Waals surface area contributed by atoms with Crippen LogP contribution in [-0.4, -0.2) is 52.3 Å². The molecule has 11 heteroatoms. The van der Waals surface area contributed by atoms with Crippen molar-refractivity contribution in [1.82, 2.24) is 10.2 Å². The zero-order chi connectivity index (χ0) is 27.5. The maximum absolute atomic E-state index is 13.5. The summed E-state index contributed by atoms with van der Waals surface area (Å²) < 4.78 is 11.1. The molecule has 2 aromatic rings. The van der Waals surface area contributed by atoms with E-state index in [9.17, 15) is 19.5 Å². The minimum absolute atomic E-state index is 0.0444. The first-order chi connectivity index (χ1) is 18.0. The predicted molar refractivity (Wildman–Crippen MR) is 142 cm³/mol. The van der Waals surface area contributed by atoms with E-state index in [0.29, 0.717) is 25.0 Å². The van der Waals surface area contributed by atoms with Gasteiger partial charge in [0.1, 0.15) is 6.61 Å². The van der Waals surface area contributed by atoms with Crippen LogP contribution in [0.3, 0.4) is 0 Å². The lowest BCUT2D eigenvalue weighted by Gasteiger charge is -2.44. The van der Waals surface area contributed by atoms with Crippen molar-refractivity contribution < 1.29 is 29.0 Å². The van der Waals surface area contributed by atoms with E-state index < -0.39 is 23.3 Å². The third kappa shape index (κ3) is 6.25. The summed E-state index contributed by atoms with van der Waals surface area (Å²) in [5.41, 5.74) is -0.0654. The summed E-state index contributed by atoms with van der Waals surface area (Å²) in [6.45, 7) is 6.10. The molecule has 202 valence electrons. The lowest BCUT2D eigenvalue weighted by Crippen LogP contribution is -2.59. The molecule has 1 fully saturated rings. The summed E-state index contributed by atoms with van der Waals surface area (Å²) in [6, 6.07) is 14.0. The number of amides is 3. The summed E-state index contributed by atoms with van der Waals surface area (Å²) in [7, 11) is 0. The third-order valence-corrected chi connectivity index (χ3v) is 7.04. The molecule has 2 aliphatic rings. The first-order valence-corrected chi connectivity index (χ1v) is 12.7. The fourth-order valence-corrected chi connectivity index (χ4v) is 5.25. The van der Waals surface area contributed by atoms with Gasteiger partial charge in [-0.2, -0.15) is 0 Å². The van der Waals surface area contributed by atoms with E-state index in [4.69, 9.17) is 26.1 Å². The van der Waals surface area contributed by atoms with Crippen LogP contribution in [0.15, 0.2) is 53.5 Å². The Morgan fingerprint density at radius 3 is 2.58 bits per heavy atom. The minimum atomic E-state index is -1.33. The number of ether oxygens (including phenoxy) is 2. The average Bonchev–Trinajstić information content (AvgIpc) is 2.83. The number of carbonyl (C=O) groups excluding carboxylic acids is 2. The van der Waals surface area contributed by atoms with E-state index in [1.165, 1.54) is 4.90 Å². The maximum atomic E-state index is 13.5. The zero-order valence-electron chi connectivity index (χ0n) is 21.5. The van der Waals surface area contributed by atoms with E-state index in [1.54, 1.807) is 25.1 Å². The number of aliphatic imine (C=N–C) groups is 1. The molecule has 0 bridgehead atoms. The smallest absolute Gasteiger partial charge is 0.412 e. The van der Waals surface area contributed by atoms with Crippen molar-refractivity contribution in [2.24, 2.45) is 4.99 Å². The molecule has 4 rings (SSSR count). The second-order valence-electron chi connectivity index (χ2n) is 10.2. The standard InChI is InChI=1S/C27H31ClN4O6/c1-26(2)14-18(12-13-38-26)32-21(33)15-27(3,31-23(32)30-24(34)35)19-10-7-11-20(22(19)28)29-25(36)37-16-17-8-5-4-6-9-17/h4-11,18H,12-16H2,1-3H3,(H,29,36)(H,30,31)(H,34,35)/t18?,27-/m0/s1. The molecule has 38 heavy (non-hydrogen) atoms. The summed E-state index contributed by atoms with van der Waals surface area (Å²) in [5, 5.41) is 14.6. The SMILES string of the molecule is CC1(C)CC(N2C(=O)C[C@@](C)(c3cccc(NC(=O)OCc4ccccc4)c3Cl)N=C2NC(=O)O)CCO1. The van der Waals surface area contributed by atoms with Gasteiger partial charge >= 0.3 is 12.2 Å². The molecule has 0 aromatic heterocycles. The molecule has 1 unspecified atom stereocenters. The van der Waals surface area contributed by atoms with Crippen LogP contribution in [0.25, 0.3) is 0 Å². The van der Waals surface area contributed by atoms with Crippen molar-refractivity contribution in [1.29, 1.82) is 0 Å². The van der Waals surface area contributed by atoms with Gasteiger partial charge in [-0.15, -0.1) is 0 Å². The molecule has 2 heterocycles. The predicted octanol–water partition coefficient (Wildman–Crippen LogP) is 5.12. The van der Waals surface area contributed by atoms with E-state index in [1.807, 2.05) is 44.2 Å². The van der Waals surface area contributed by atoms with Gasteiger partial charge in [-0.1, -0.05) is 54.1 Å². The number of hydrogen-bond acceptors (Lipinski definition) is 6. The van der Waals surface area contributed by atoms with E-state index >= 15 is 0 Å². The zero-order valence-corrected chi connectivity index (χ0v) is 22.2. The molecular weight excluding hydrogens is 512 g/mol. The van der Waals surface area contributed by atoms with Gasteiger partial charge in [0.15, 0.2) is 0 Å². The molecule has 3 N–H and O–H groups in total. The van der Waals surface area contributed by atoms with Crippen LogP contribution in [0.1, 0.15) is 51.2 Å². The highest BCUT2D eigenvalue weighted by Crippen LogP contribution is 2.41. The topological polar surface area (TPSA) is 130 Å². The fourth-order valence-electron chi connectivity index (χ4n) is 4.87. The number of rotatable bonds is 5. The normalized spacial score (nSPS) is 22.8. The van der Waals surface area contributed by atoms with Gasteiger partial charge in [-0.3, -0.25) is 20.3 Å². The van der Waals surface area contributed by atoms with Crippen LogP contribution in [0, 0.1) is 0 Å². The summed E-state index contributed by atoms with van der Waals surface area (Å²) in [5.74, 6) is -0.346. The Morgan fingerprint density at radius 2 is 1.89 bits per heavy atom. The van der Waals surface area contributed by atoms with E-state index in [2.05, 4.69) is 10.6 Å². The van der Waals surface area contributed by atoms with Crippen LogP contribution < -0.4 is 10.6 Å². The summed E-state index contributed by atoms with van der Waals surface area (Å²) >= 11 is 6.70. The number of nitrogens with one attached hydrogen (secondary N) is 2. The van der Waals surface area contributed by atoms with Crippen LogP contribution in [0.2, 0.25) is 5.02 Å². The molecule has 0 saturated carbocycles. The number of nitrogens with zero attached hydrogens (tertiary/aromatic N) is 2. The van der Waals surface area contributed by atoms with Crippen molar-refractivity contribution in [2.45, 2.75) is 63.8 Å². The molecular formula is C27H31ClN4O6. The van der Waals surface area contributed by atoms with E-state index in [0.717, 1.165) is 5.56 Å². The first-order valence-electron chi connectivity index (χ1n) is 12.3. The lowest BCUT2D eigenvalue weighted by atomic mass is 9.85. The Bertz CT molecular complexity index is 1250. The van der Waals surface area contributed by atoms with Gasteiger partial charge in [0.2, 0.25) is 11.9 Å². The Labute approximate surface area is 226 Å². The molecule has 2 aromatic carbocycles. The van der Waals surface area contributed by atoms with Gasteiger partial charge in [0.05, 0.1) is 28.3 Å². The van der Waals surface area contributed by atoms with Crippen molar-refractivity contribution in [2.75, 3.05) is 11.9 Å². The maximum Gasteiger partial charge on any atom is 0.412 e. The second kappa shape index (κ2) is 11.0. The van der Waals surface area contributed by atoms with Crippen LogP contribution in [0.5, 0.6) is 0 Å². The van der Waals surface area contributed by atoms with Crippen molar-refractivity contribution >= 4 is 41.3 Å². The van der Waals surface area contributed by atoms with Gasteiger partial charge in [-0.05, 0) is 45.2 Å². The number of carboxylic acid groups (broad SMARTS) is 1. The monoisotopic (exact) mass is 542 g/mol. The quantitative estimate of drug-likeness (QED) is 0.481. The Balaban J connectivity index is 1.59. The highest BCUT2D eigenvalue weighted by Gasteiger charge is 2.45. The molecule has 0 radical (unpaired) electrons. The van der Waals surface area contributed by atoms with Gasteiger partial charge in [0, 0.05) is 18.2 Å². The van der Waals surface area contributed by atoms with E-state index in [-0.39, 0.29) is 41.6 Å². The van der Waals surface area contributed by atoms with Crippen molar-refractivity contribution in [3.63, 3.8) is 0 Å². The van der Waals surface area contributed by atoms with Crippen molar-refractivity contribution in [3.8, 4) is 0 Å². The molecule has 2 atom stereocenters. The molecule has 3 amide bonds. The van der Waals surface area contributed by atoms with Crippen LogP contribution in [-0.2, 0) is 26.4 Å². The molecule has 10 nitrogen and oxygen atoms in total. The van der Waals surface area contributed by atoms with Gasteiger partial charge < -0.3 is 14.6 Å². The summed E-state index contributed by atoms with van der Waals surface area (Å²) in [6.07, 6.45) is -0.988.